The molecule has 2 unspecified atom stereocenters. The van der Waals surface area contributed by atoms with Crippen molar-refractivity contribution >= 4 is 45.6 Å². The van der Waals surface area contributed by atoms with Crippen LogP contribution in [0, 0.1) is 48.3 Å². The number of carbonyl (C=O) groups excluding carboxylic acids is 2. The average Bonchev–Trinajstić information content (AvgIpc) is 3.58. The minimum Gasteiger partial charge on any atom is -0.481 e. The molecule has 0 radical (unpaired) electrons. The number of rotatable bonds is 37. The number of thiophene rings is 1. The van der Waals surface area contributed by atoms with Gasteiger partial charge < -0.3 is 33.7 Å². The first-order valence-electron chi connectivity index (χ1n) is 23.0. The molecule has 1 heterocycles. The first-order valence-corrected chi connectivity index (χ1v) is 23.8. The second-order valence-corrected chi connectivity index (χ2v) is 17.1. The zero-order valence-corrected chi connectivity index (χ0v) is 39.4. The third-order valence-corrected chi connectivity index (χ3v) is 11.8. The van der Waals surface area contributed by atoms with E-state index >= 15 is 0 Å². The van der Waals surface area contributed by atoms with Gasteiger partial charge in [0.1, 0.15) is 30.2 Å². The number of aryl methyl sites for hydroxylation is 1. The van der Waals surface area contributed by atoms with Crippen LogP contribution in [0.3, 0.4) is 0 Å². The summed E-state index contributed by atoms with van der Waals surface area (Å²) < 4.78 is 28.0. The predicted molar refractivity (Wildman–Crippen MR) is 246 cm³/mol. The zero-order valence-electron chi connectivity index (χ0n) is 38.6. The number of benzene rings is 1. The van der Waals surface area contributed by atoms with E-state index in [9.17, 15) is 30.0 Å². The van der Waals surface area contributed by atoms with Crippen LogP contribution in [0.25, 0.3) is 0 Å². The molecule has 1 aromatic heterocycles. The highest BCUT2D eigenvalue weighted by molar-refractivity contribution is 7.16. The van der Waals surface area contributed by atoms with Gasteiger partial charge in [0, 0.05) is 25.2 Å². The molecule has 0 spiro atoms. The Morgan fingerprint density at radius 2 is 1.25 bits per heavy atom. The van der Waals surface area contributed by atoms with E-state index < -0.39 is 17.9 Å². The Labute approximate surface area is 380 Å². The lowest BCUT2D eigenvalue weighted by molar-refractivity contribution is -0.152. The number of carbonyl (C=O) groups is 3. The summed E-state index contributed by atoms with van der Waals surface area (Å²) in [5, 5.41) is 37.7. The molecule has 0 amide bonds. The monoisotopic (exact) mass is 896 g/mol. The number of azo groups is 1. The van der Waals surface area contributed by atoms with E-state index in [2.05, 4.69) is 48.0 Å². The number of nitriles is 2. The van der Waals surface area contributed by atoms with Crippen LogP contribution < -0.4 is 4.90 Å². The van der Waals surface area contributed by atoms with Crippen molar-refractivity contribution in [3.63, 3.8) is 0 Å². The number of aliphatic carboxylic acids is 1. The van der Waals surface area contributed by atoms with Gasteiger partial charge in [-0.2, -0.15) is 10.5 Å². The van der Waals surface area contributed by atoms with E-state index in [1.165, 1.54) is 38.5 Å². The summed E-state index contributed by atoms with van der Waals surface area (Å²) >= 11 is 1.13. The van der Waals surface area contributed by atoms with Crippen LogP contribution in [-0.2, 0) is 38.1 Å². The van der Waals surface area contributed by atoms with Crippen LogP contribution in [0.2, 0.25) is 0 Å². The Hall–Kier alpha value is -4.41. The fourth-order valence-corrected chi connectivity index (χ4v) is 7.77. The second kappa shape index (κ2) is 34.1. The van der Waals surface area contributed by atoms with Crippen molar-refractivity contribution in [1.29, 1.82) is 10.5 Å². The van der Waals surface area contributed by atoms with Crippen LogP contribution >= 0.6 is 11.3 Å². The Morgan fingerprint density at radius 1 is 0.714 bits per heavy atom. The lowest BCUT2D eigenvalue weighted by Gasteiger charge is -2.25. The normalized spacial score (nSPS) is 12.2. The summed E-state index contributed by atoms with van der Waals surface area (Å²) in [6.07, 6.45) is 15.5. The van der Waals surface area contributed by atoms with E-state index in [0.717, 1.165) is 67.5 Å². The molecular weight excluding hydrogens is 823 g/mol. The minimum absolute atomic E-state index is 0.0226. The molecule has 14 nitrogen and oxygen atoms in total. The molecule has 63 heavy (non-hydrogen) atoms. The molecule has 350 valence electrons. The van der Waals surface area contributed by atoms with Gasteiger partial charge in [0.05, 0.1) is 63.2 Å². The van der Waals surface area contributed by atoms with Crippen molar-refractivity contribution in [3.8, 4) is 12.1 Å². The van der Waals surface area contributed by atoms with Crippen LogP contribution in [0.4, 0.5) is 16.4 Å². The van der Waals surface area contributed by atoms with Gasteiger partial charge in [-0.15, -0.1) is 21.6 Å². The average molecular weight is 896 g/mol. The molecular formula is C48H73N5O9S. The van der Waals surface area contributed by atoms with Crippen molar-refractivity contribution in [2.45, 2.75) is 137 Å². The number of esters is 2. The second-order valence-electron chi connectivity index (χ2n) is 16.1. The fourth-order valence-electron chi connectivity index (χ4n) is 6.89. The van der Waals surface area contributed by atoms with Crippen LogP contribution in [-0.4, -0.2) is 89.0 Å². The number of hydrogen-bond acceptors (Lipinski definition) is 14. The Balaban J connectivity index is 1.85. The quantitative estimate of drug-likeness (QED) is 0.0384. The van der Waals surface area contributed by atoms with Crippen LogP contribution in [0.15, 0.2) is 28.4 Å². The Morgan fingerprint density at radius 3 is 1.81 bits per heavy atom. The predicted octanol–water partition coefficient (Wildman–Crippen LogP) is 11.1. The first-order chi connectivity index (χ1) is 30.5. The van der Waals surface area contributed by atoms with Gasteiger partial charge in [0.25, 0.3) is 0 Å². The largest absolute Gasteiger partial charge is 0.481 e. The fraction of sp³-hybridized carbons (Fsp3) is 0.688. The van der Waals surface area contributed by atoms with Gasteiger partial charge >= 0.3 is 17.9 Å². The van der Waals surface area contributed by atoms with Crippen molar-refractivity contribution in [2.75, 3.05) is 70.8 Å². The van der Waals surface area contributed by atoms with E-state index in [0.29, 0.717) is 91.6 Å². The summed E-state index contributed by atoms with van der Waals surface area (Å²) in [5.74, 6) is -2.15. The number of carboxylic acids is 1. The highest BCUT2D eigenvalue weighted by Crippen LogP contribution is 2.36. The minimum atomic E-state index is -0.976. The first kappa shape index (κ1) is 54.7. The molecule has 1 N–H and O–H groups in total. The third kappa shape index (κ3) is 23.7. The summed E-state index contributed by atoms with van der Waals surface area (Å²) in [5.41, 5.74) is 3.30. The molecule has 0 aliphatic rings. The number of anilines is 1. The molecule has 15 heteroatoms. The molecule has 2 atom stereocenters. The maximum atomic E-state index is 12.4. The summed E-state index contributed by atoms with van der Waals surface area (Å²) in [6.45, 7) is 13.3. The van der Waals surface area contributed by atoms with Gasteiger partial charge in [0.2, 0.25) is 0 Å². The maximum absolute atomic E-state index is 12.4. The van der Waals surface area contributed by atoms with Crippen molar-refractivity contribution in [2.24, 2.45) is 22.1 Å². The lowest BCUT2D eigenvalue weighted by Crippen LogP contribution is -2.31. The van der Waals surface area contributed by atoms with Gasteiger partial charge in [-0.3, -0.25) is 14.4 Å². The molecule has 0 aliphatic carbocycles. The summed E-state index contributed by atoms with van der Waals surface area (Å²) in [7, 11) is 0. The number of ether oxygens (including phenoxy) is 5. The number of unbranched alkanes of at least 4 members (excludes halogenated alkanes) is 10. The highest BCUT2D eigenvalue weighted by atomic mass is 32.1. The molecule has 0 saturated heterocycles. The van der Waals surface area contributed by atoms with Crippen molar-refractivity contribution in [3.05, 3.63) is 39.8 Å². The number of carboxylic acid groups (broad SMARTS) is 1. The molecule has 0 fully saturated rings. The number of hydrogen-bond donors (Lipinski definition) is 1. The molecule has 1 aromatic carbocycles. The van der Waals surface area contributed by atoms with Gasteiger partial charge in [-0.05, 0) is 55.5 Å². The van der Waals surface area contributed by atoms with E-state index in [1.54, 1.807) is 6.92 Å². The standard InChI is InChI=1S/C48H73N5O9S/c1-6-8-10-12-14-16-18-37(3)32-45(54)61-31-29-60-27-26-58-24-22-53(23-25-59-28-30-62-46(55)34-40(48(56)57)19-17-15-13-11-9-7-2)41-20-21-43(38(4)33-41)51-52-47-42(35-49)39(5)44(36-50)63-47/h20-21,33,37,40H,6-19,22-32,34H2,1-5H3,(H,56,57). The molecule has 0 bridgehead atoms. The Bertz CT molecular complexity index is 1740. The molecule has 0 saturated carbocycles. The molecule has 0 aliphatic heterocycles. The number of nitrogens with zero attached hydrogens (tertiary/aromatic N) is 5. The SMILES string of the molecule is CCCCCCCCC(C)CC(=O)OCCOCCOCCN(CCOCCOC(=O)CC(CCCCCCCC)C(=O)O)c1ccc(N=Nc2sc(C#N)c(C)c2C#N)c(C)c1. The summed E-state index contributed by atoms with van der Waals surface area (Å²) in [6, 6.07) is 9.96. The highest BCUT2D eigenvalue weighted by Gasteiger charge is 2.22. The van der Waals surface area contributed by atoms with Crippen LogP contribution in [0.5, 0.6) is 0 Å². The Kier molecular flexibility index (Phi) is 29.6. The topological polar surface area (TPSA) is 193 Å². The van der Waals surface area contributed by atoms with E-state index in [-0.39, 0.29) is 32.2 Å². The maximum Gasteiger partial charge on any atom is 0.307 e. The molecule has 2 rings (SSSR count). The van der Waals surface area contributed by atoms with E-state index in [1.807, 2.05) is 25.1 Å². The molecule has 2 aromatic rings. The third-order valence-electron chi connectivity index (χ3n) is 10.7. The van der Waals surface area contributed by atoms with E-state index in [4.69, 9.17) is 23.7 Å². The lowest BCUT2D eigenvalue weighted by atomic mass is 9.97. The zero-order chi connectivity index (χ0) is 46.1. The van der Waals surface area contributed by atoms with Crippen molar-refractivity contribution in [1.82, 2.24) is 0 Å². The van der Waals surface area contributed by atoms with Crippen LogP contribution in [0.1, 0.15) is 145 Å². The summed E-state index contributed by atoms with van der Waals surface area (Å²) in [4.78, 5) is 39.0. The van der Waals surface area contributed by atoms with Crippen molar-refractivity contribution < 1.29 is 43.2 Å². The van der Waals surface area contributed by atoms with Gasteiger partial charge in [-0.25, -0.2) is 0 Å². The van der Waals surface area contributed by atoms with Gasteiger partial charge in [0.15, 0.2) is 5.00 Å². The smallest absolute Gasteiger partial charge is 0.307 e. The van der Waals surface area contributed by atoms with Gasteiger partial charge in [-0.1, -0.05) is 104 Å².